The number of nitrogens with two attached hydrogens (primary N) is 1. The lowest BCUT2D eigenvalue weighted by Gasteiger charge is -2.12. The molecular formula is C23H20ClFN2O4. The second-order valence-corrected chi connectivity index (χ2v) is 6.82. The van der Waals surface area contributed by atoms with Crippen molar-refractivity contribution >= 4 is 29.3 Å². The number of nitrogens with zero attached hydrogens (tertiary/aromatic N) is 1. The van der Waals surface area contributed by atoms with Crippen LogP contribution >= 0.6 is 12.4 Å². The van der Waals surface area contributed by atoms with Gasteiger partial charge in [-0.3, -0.25) is 9.78 Å². The number of benzene rings is 2. The van der Waals surface area contributed by atoms with Crippen LogP contribution in [-0.4, -0.2) is 16.1 Å². The number of para-hydroxylation sites is 1. The van der Waals surface area contributed by atoms with Crippen LogP contribution in [-0.2, 0) is 24.4 Å². The van der Waals surface area contributed by atoms with Crippen LogP contribution in [0.1, 0.15) is 16.8 Å². The molecule has 0 saturated heterocycles. The van der Waals surface area contributed by atoms with E-state index in [0.717, 1.165) is 11.1 Å². The third-order valence-electron chi connectivity index (χ3n) is 4.69. The van der Waals surface area contributed by atoms with Crippen molar-refractivity contribution in [2.45, 2.75) is 19.6 Å². The molecule has 0 bridgehead atoms. The molecule has 0 aliphatic rings. The Kier molecular flexibility index (Phi) is 6.89. The summed E-state index contributed by atoms with van der Waals surface area (Å²) in [5.74, 6) is -0.439. The van der Waals surface area contributed by atoms with Crippen molar-refractivity contribution in [3.8, 4) is 16.9 Å². The number of furan rings is 1. The smallest absolute Gasteiger partial charge is 0.307 e. The van der Waals surface area contributed by atoms with Crippen LogP contribution in [0, 0.1) is 6.01 Å². The maximum atomic E-state index is 13.8. The minimum atomic E-state index is -0.933. The van der Waals surface area contributed by atoms with Gasteiger partial charge in [-0.1, -0.05) is 18.2 Å². The van der Waals surface area contributed by atoms with Gasteiger partial charge in [-0.25, -0.2) is 0 Å². The summed E-state index contributed by atoms with van der Waals surface area (Å²) < 4.78 is 25.0. The highest BCUT2D eigenvalue weighted by molar-refractivity contribution is 5.93. The van der Waals surface area contributed by atoms with Crippen LogP contribution in [0.3, 0.4) is 0 Å². The number of ether oxygens (including phenoxy) is 1. The van der Waals surface area contributed by atoms with Crippen molar-refractivity contribution in [1.29, 1.82) is 0 Å². The normalized spacial score (nSPS) is 10.6. The van der Waals surface area contributed by atoms with Crippen LogP contribution < -0.4 is 10.5 Å². The first kappa shape index (κ1) is 22.3. The molecule has 3 N–H and O–H groups in total. The van der Waals surface area contributed by atoms with E-state index in [1.165, 1.54) is 6.07 Å². The number of hydrogen-bond donors (Lipinski definition) is 2. The van der Waals surface area contributed by atoms with Crippen molar-refractivity contribution in [2.75, 3.05) is 0 Å². The molecule has 8 heteroatoms. The average molecular weight is 443 g/mol. The number of aromatic nitrogens is 1. The molecule has 0 atom stereocenters. The van der Waals surface area contributed by atoms with E-state index in [4.69, 9.17) is 20.0 Å². The Balaban J connectivity index is 0.00000272. The lowest BCUT2D eigenvalue weighted by Crippen LogP contribution is -2.04. The fourth-order valence-corrected chi connectivity index (χ4v) is 3.35. The van der Waals surface area contributed by atoms with Gasteiger partial charge in [0.05, 0.1) is 12.1 Å². The number of rotatable bonds is 7. The number of aliphatic carboxylic acids is 1. The Morgan fingerprint density at radius 2 is 1.97 bits per heavy atom. The van der Waals surface area contributed by atoms with Gasteiger partial charge in [-0.15, -0.1) is 12.4 Å². The van der Waals surface area contributed by atoms with Gasteiger partial charge in [0.1, 0.15) is 17.9 Å². The first-order chi connectivity index (χ1) is 14.5. The molecule has 0 spiro atoms. The zero-order valence-electron chi connectivity index (χ0n) is 16.4. The van der Waals surface area contributed by atoms with Gasteiger partial charge in [0.2, 0.25) is 0 Å². The first-order valence-electron chi connectivity index (χ1n) is 9.33. The molecule has 0 unspecified atom stereocenters. The Morgan fingerprint density at radius 1 is 1.16 bits per heavy atom. The number of carboxylic acid groups (broad SMARTS) is 1. The van der Waals surface area contributed by atoms with Crippen LogP contribution in [0.15, 0.2) is 65.2 Å². The number of carboxylic acids is 1. The molecular weight excluding hydrogens is 423 g/mol. The van der Waals surface area contributed by atoms with Gasteiger partial charge < -0.3 is 20.0 Å². The van der Waals surface area contributed by atoms with E-state index in [2.05, 4.69) is 4.98 Å². The molecule has 160 valence electrons. The second kappa shape index (κ2) is 9.59. The summed E-state index contributed by atoms with van der Waals surface area (Å²) in [6.45, 7) is 0.466. The quantitative estimate of drug-likeness (QED) is 0.429. The van der Waals surface area contributed by atoms with E-state index in [1.807, 2.05) is 12.1 Å². The van der Waals surface area contributed by atoms with E-state index in [9.17, 15) is 9.18 Å². The number of fused-ring (bicyclic) bond motifs is 1. The summed E-state index contributed by atoms with van der Waals surface area (Å²) in [5, 5.41) is 9.69. The summed E-state index contributed by atoms with van der Waals surface area (Å²) in [4.78, 5) is 15.3. The summed E-state index contributed by atoms with van der Waals surface area (Å²) in [7, 11) is 0. The molecule has 0 amide bonds. The standard InChI is InChI=1S/C23H19FN2O4.ClH/c24-21-10-17-7-14(13-29-20-4-2-1-3-16(20)11-22(27)28)8-19(23(17)30-21)15-5-6-26-18(9-15)12-25;/h1-10H,11-13,25H2,(H,27,28);1H. The minimum Gasteiger partial charge on any atom is -0.489 e. The predicted octanol–water partition coefficient (Wildman–Crippen LogP) is 4.72. The molecule has 31 heavy (non-hydrogen) atoms. The van der Waals surface area contributed by atoms with Gasteiger partial charge in [0.25, 0.3) is 6.01 Å². The molecule has 0 aliphatic carbocycles. The van der Waals surface area contributed by atoms with Crippen LogP contribution in [0.4, 0.5) is 4.39 Å². The van der Waals surface area contributed by atoms with Crippen LogP contribution in [0.5, 0.6) is 5.75 Å². The van der Waals surface area contributed by atoms with Crippen molar-refractivity contribution in [3.63, 3.8) is 0 Å². The Hall–Kier alpha value is -3.42. The molecule has 0 aliphatic heterocycles. The number of carbonyl (C=O) groups is 1. The fourth-order valence-electron chi connectivity index (χ4n) is 3.35. The zero-order valence-corrected chi connectivity index (χ0v) is 17.2. The predicted molar refractivity (Wildman–Crippen MR) is 117 cm³/mol. The van der Waals surface area contributed by atoms with Gasteiger partial charge >= 0.3 is 5.97 Å². The van der Waals surface area contributed by atoms with Gasteiger partial charge in [0, 0.05) is 35.3 Å². The molecule has 0 saturated carbocycles. The average Bonchev–Trinajstić information content (AvgIpc) is 3.12. The van der Waals surface area contributed by atoms with Gasteiger partial charge in [0.15, 0.2) is 0 Å². The van der Waals surface area contributed by atoms with E-state index < -0.39 is 12.0 Å². The number of halogens is 2. The molecule has 4 rings (SSSR count). The van der Waals surface area contributed by atoms with Gasteiger partial charge in [-0.05, 0) is 41.5 Å². The minimum absolute atomic E-state index is 0. The lowest BCUT2D eigenvalue weighted by molar-refractivity contribution is -0.136. The largest absolute Gasteiger partial charge is 0.489 e. The van der Waals surface area contributed by atoms with E-state index in [1.54, 1.807) is 42.6 Å². The Bertz CT molecular complexity index is 1230. The van der Waals surface area contributed by atoms with E-state index >= 15 is 0 Å². The molecule has 2 aromatic carbocycles. The Labute approximate surface area is 183 Å². The third kappa shape index (κ3) is 5.02. The first-order valence-corrected chi connectivity index (χ1v) is 9.33. The number of pyridine rings is 1. The Morgan fingerprint density at radius 3 is 2.74 bits per heavy atom. The summed E-state index contributed by atoms with van der Waals surface area (Å²) in [5.41, 5.74) is 9.71. The fraction of sp³-hybridized carbons (Fsp3) is 0.130. The second-order valence-electron chi connectivity index (χ2n) is 6.82. The monoisotopic (exact) mass is 442 g/mol. The summed E-state index contributed by atoms with van der Waals surface area (Å²) in [6.07, 6.45) is 1.51. The van der Waals surface area contributed by atoms with E-state index in [-0.39, 0.29) is 32.0 Å². The molecule has 0 fully saturated rings. The molecule has 2 aromatic heterocycles. The SMILES string of the molecule is Cl.NCc1cc(-c2cc(COc3ccccc3CC(=O)O)cc3cc(F)oc23)ccn1. The number of hydrogen-bond acceptors (Lipinski definition) is 5. The summed E-state index contributed by atoms with van der Waals surface area (Å²) in [6, 6.07) is 14.9. The van der Waals surface area contributed by atoms with Crippen molar-refractivity contribution in [2.24, 2.45) is 5.73 Å². The molecule has 6 nitrogen and oxygen atoms in total. The molecule has 4 aromatic rings. The molecule has 2 heterocycles. The molecule has 0 radical (unpaired) electrons. The van der Waals surface area contributed by atoms with Crippen molar-refractivity contribution in [1.82, 2.24) is 4.98 Å². The highest BCUT2D eigenvalue weighted by atomic mass is 35.5. The maximum absolute atomic E-state index is 13.8. The van der Waals surface area contributed by atoms with Crippen LogP contribution in [0.25, 0.3) is 22.1 Å². The topological polar surface area (TPSA) is 98.6 Å². The maximum Gasteiger partial charge on any atom is 0.307 e. The van der Waals surface area contributed by atoms with E-state index in [0.29, 0.717) is 33.5 Å². The summed E-state index contributed by atoms with van der Waals surface area (Å²) >= 11 is 0. The third-order valence-corrected chi connectivity index (χ3v) is 4.69. The highest BCUT2D eigenvalue weighted by Gasteiger charge is 2.14. The van der Waals surface area contributed by atoms with Crippen molar-refractivity contribution < 1.29 is 23.4 Å². The van der Waals surface area contributed by atoms with Crippen molar-refractivity contribution in [3.05, 3.63) is 83.6 Å². The highest BCUT2D eigenvalue weighted by Crippen LogP contribution is 2.33. The lowest BCUT2D eigenvalue weighted by atomic mass is 10.0. The zero-order chi connectivity index (χ0) is 21.1. The van der Waals surface area contributed by atoms with Crippen LogP contribution in [0.2, 0.25) is 0 Å². The van der Waals surface area contributed by atoms with Gasteiger partial charge in [-0.2, -0.15) is 4.39 Å².